The van der Waals surface area contributed by atoms with E-state index < -0.39 is 17.7 Å². The molecule has 1 aromatic carbocycles. The van der Waals surface area contributed by atoms with Gasteiger partial charge in [-0.1, -0.05) is 48.0 Å². The highest BCUT2D eigenvalue weighted by atomic mass is 79.9. The van der Waals surface area contributed by atoms with E-state index in [-0.39, 0.29) is 28.7 Å². The Morgan fingerprint density at radius 1 is 1.23 bits per heavy atom. The monoisotopic (exact) mass is 498 g/mol. The molecule has 1 heterocycles. The lowest BCUT2D eigenvalue weighted by atomic mass is 9.99. The van der Waals surface area contributed by atoms with Crippen LogP contribution in [0.3, 0.4) is 0 Å². The molecule has 2 N–H and O–H groups in total. The molecule has 0 saturated heterocycles. The molecular weight excluding hydrogens is 472 g/mol. The standard InChI is InChI=1S/C20H27BrN4O4S/c1-6-12(2)16(23-18(27)29-20(3,4)5)17-24-25-19(28-17)30-11-15(26)22-14-9-7-13(21)8-10-14/h7-10,12,16H,6,11H2,1-5H3,(H,22,26)(H,23,27)/t12-,16+/m0/s1. The van der Waals surface area contributed by atoms with Crippen LogP contribution < -0.4 is 10.6 Å². The largest absolute Gasteiger partial charge is 0.444 e. The van der Waals surface area contributed by atoms with Crippen LogP contribution in [0.4, 0.5) is 10.5 Å². The quantitative estimate of drug-likeness (QED) is 0.483. The highest BCUT2D eigenvalue weighted by molar-refractivity contribution is 9.10. The number of rotatable bonds is 8. The van der Waals surface area contributed by atoms with Gasteiger partial charge in [0.1, 0.15) is 11.6 Å². The van der Waals surface area contributed by atoms with Gasteiger partial charge in [-0.15, -0.1) is 10.2 Å². The molecule has 0 aliphatic heterocycles. The third-order valence-electron chi connectivity index (χ3n) is 4.03. The Morgan fingerprint density at radius 3 is 2.50 bits per heavy atom. The Kier molecular flexibility index (Phi) is 8.72. The van der Waals surface area contributed by atoms with Crippen molar-refractivity contribution in [2.75, 3.05) is 11.1 Å². The lowest BCUT2D eigenvalue weighted by Gasteiger charge is -2.24. The first-order valence-corrected chi connectivity index (χ1v) is 11.4. The Bertz CT molecular complexity index is 851. The van der Waals surface area contributed by atoms with Gasteiger partial charge in [0.15, 0.2) is 0 Å². The van der Waals surface area contributed by atoms with Crippen molar-refractivity contribution in [1.29, 1.82) is 0 Å². The first-order chi connectivity index (χ1) is 14.1. The van der Waals surface area contributed by atoms with Gasteiger partial charge in [0, 0.05) is 10.2 Å². The molecule has 0 unspecified atom stereocenters. The number of carbonyl (C=O) groups excluding carboxylic acids is 2. The number of alkyl carbamates (subject to hydrolysis) is 1. The van der Waals surface area contributed by atoms with Crippen molar-refractivity contribution < 1.29 is 18.7 Å². The number of nitrogens with zero attached hydrogens (tertiary/aromatic N) is 2. The van der Waals surface area contributed by atoms with Gasteiger partial charge in [-0.05, 0) is 51.0 Å². The molecule has 8 nitrogen and oxygen atoms in total. The normalized spacial score (nSPS) is 13.4. The molecule has 0 bridgehead atoms. The van der Waals surface area contributed by atoms with Crippen LogP contribution in [-0.4, -0.2) is 33.6 Å². The summed E-state index contributed by atoms with van der Waals surface area (Å²) in [4.78, 5) is 24.3. The van der Waals surface area contributed by atoms with Crippen LogP contribution in [0.5, 0.6) is 0 Å². The number of anilines is 1. The minimum absolute atomic E-state index is 0.0523. The van der Waals surface area contributed by atoms with Crippen molar-refractivity contribution in [3.05, 3.63) is 34.6 Å². The second-order valence-electron chi connectivity index (χ2n) is 7.76. The van der Waals surface area contributed by atoms with E-state index >= 15 is 0 Å². The van der Waals surface area contributed by atoms with Crippen LogP contribution in [0.15, 0.2) is 38.4 Å². The fourth-order valence-corrected chi connectivity index (χ4v) is 3.21. The van der Waals surface area contributed by atoms with Crippen LogP contribution in [0.2, 0.25) is 0 Å². The molecule has 2 amide bonds. The zero-order chi connectivity index (χ0) is 22.3. The van der Waals surface area contributed by atoms with Crippen LogP contribution in [0, 0.1) is 5.92 Å². The summed E-state index contributed by atoms with van der Waals surface area (Å²) in [5.74, 6) is 0.264. The number of hydrogen-bond acceptors (Lipinski definition) is 7. The molecule has 2 rings (SSSR count). The second kappa shape index (κ2) is 10.8. The van der Waals surface area contributed by atoms with E-state index in [9.17, 15) is 9.59 Å². The van der Waals surface area contributed by atoms with Gasteiger partial charge < -0.3 is 19.8 Å². The first-order valence-electron chi connectivity index (χ1n) is 9.58. The lowest BCUT2D eigenvalue weighted by molar-refractivity contribution is -0.113. The minimum Gasteiger partial charge on any atom is -0.444 e. The Labute approximate surface area is 189 Å². The van der Waals surface area contributed by atoms with Crippen molar-refractivity contribution in [3.63, 3.8) is 0 Å². The molecule has 30 heavy (non-hydrogen) atoms. The van der Waals surface area contributed by atoms with Crippen molar-refractivity contribution in [1.82, 2.24) is 15.5 Å². The average molecular weight is 499 g/mol. The molecule has 0 spiro atoms. The van der Waals surface area contributed by atoms with Gasteiger partial charge in [-0.3, -0.25) is 4.79 Å². The highest BCUT2D eigenvalue weighted by Crippen LogP contribution is 2.27. The summed E-state index contributed by atoms with van der Waals surface area (Å²) < 4.78 is 12.0. The number of nitrogens with one attached hydrogen (secondary N) is 2. The molecule has 0 saturated carbocycles. The average Bonchev–Trinajstić information content (AvgIpc) is 3.13. The number of benzene rings is 1. The van der Waals surface area contributed by atoms with E-state index in [4.69, 9.17) is 9.15 Å². The van der Waals surface area contributed by atoms with E-state index in [1.165, 1.54) is 0 Å². The SMILES string of the molecule is CC[C@H](C)[C@@H](NC(=O)OC(C)(C)C)c1nnc(SCC(=O)Nc2ccc(Br)cc2)o1. The topological polar surface area (TPSA) is 106 Å². The van der Waals surface area contributed by atoms with Gasteiger partial charge in [-0.2, -0.15) is 0 Å². The number of aromatic nitrogens is 2. The summed E-state index contributed by atoms with van der Waals surface area (Å²) in [6.45, 7) is 9.38. The van der Waals surface area contributed by atoms with Gasteiger partial charge in [0.25, 0.3) is 5.22 Å². The predicted octanol–water partition coefficient (Wildman–Crippen LogP) is 5.17. The maximum Gasteiger partial charge on any atom is 0.408 e. The van der Waals surface area contributed by atoms with Crippen molar-refractivity contribution in [3.8, 4) is 0 Å². The van der Waals surface area contributed by atoms with E-state index in [1.54, 1.807) is 32.9 Å². The van der Waals surface area contributed by atoms with Gasteiger partial charge in [-0.25, -0.2) is 4.79 Å². The van der Waals surface area contributed by atoms with E-state index in [0.717, 1.165) is 22.7 Å². The smallest absolute Gasteiger partial charge is 0.408 e. The van der Waals surface area contributed by atoms with Gasteiger partial charge in [0.05, 0.1) is 5.75 Å². The zero-order valence-electron chi connectivity index (χ0n) is 17.7. The maximum absolute atomic E-state index is 12.2. The summed E-state index contributed by atoms with van der Waals surface area (Å²) >= 11 is 4.48. The van der Waals surface area contributed by atoms with Crippen molar-refractivity contribution in [2.45, 2.75) is 57.9 Å². The number of thioether (sulfide) groups is 1. The van der Waals surface area contributed by atoms with Crippen molar-refractivity contribution >= 4 is 45.4 Å². The van der Waals surface area contributed by atoms with Crippen LogP contribution in [0.25, 0.3) is 0 Å². The molecule has 0 radical (unpaired) electrons. The Balaban J connectivity index is 1.96. The zero-order valence-corrected chi connectivity index (χ0v) is 20.1. The summed E-state index contributed by atoms with van der Waals surface area (Å²) in [6, 6.07) is 6.82. The molecule has 0 aliphatic rings. The Hall–Kier alpha value is -2.07. The van der Waals surface area contributed by atoms with E-state index in [0.29, 0.717) is 5.69 Å². The van der Waals surface area contributed by atoms with Crippen LogP contribution >= 0.6 is 27.7 Å². The van der Waals surface area contributed by atoms with Crippen LogP contribution in [0.1, 0.15) is 53.0 Å². The Morgan fingerprint density at radius 2 is 1.90 bits per heavy atom. The predicted molar refractivity (Wildman–Crippen MR) is 119 cm³/mol. The summed E-state index contributed by atoms with van der Waals surface area (Å²) in [5, 5.41) is 13.9. The molecule has 1 aromatic heterocycles. The van der Waals surface area contributed by atoms with E-state index in [2.05, 4.69) is 36.8 Å². The number of amides is 2. The minimum atomic E-state index is -0.609. The summed E-state index contributed by atoms with van der Waals surface area (Å²) in [7, 11) is 0. The van der Waals surface area contributed by atoms with Crippen LogP contribution in [-0.2, 0) is 9.53 Å². The third-order valence-corrected chi connectivity index (χ3v) is 5.38. The highest BCUT2D eigenvalue weighted by Gasteiger charge is 2.28. The molecule has 164 valence electrons. The molecule has 0 aliphatic carbocycles. The summed E-state index contributed by atoms with van der Waals surface area (Å²) in [6.07, 6.45) is 0.245. The molecule has 2 aromatic rings. The lowest BCUT2D eigenvalue weighted by Crippen LogP contribution is -2.37. The molecule has 2 atom stereocenters. The van der Waals surface area contributed by atoms with Gasteiger partial charge >= 0.3 is 6.09 Å². The second-order valence-corrected chi connectivity index (χ2v) is 9.60. The third kappa shape index (κ3) is 7.98. The fourth-order valence-electron chi connectivity index (χ4n) is 2.38. The van der Waals surface area contributed by atoms with Crippen molar-refractivity contribution in [2.24, 2.45) is 5.92 Å². The molecular formula is C20H27BrN4O4S. The number of halogens is 1. The molecule has 10 heteroatoms. The number of carbonyl (C=O) groups is 2. The number of hydrogen-bond donors (Lipinski definition) is 2. The fraction of sp³-hybridized carbons (Fsp3) is 0.500. The maximum atomic E-state index is 12.2. The molecule has 0 fully saturated rings. The summed E-state index contributed by atoms with van der Waals surface area (Å²) in [5.41, 5.74) is 0.0932. The van der Waals surface area contributed by atoms with E-state index in [1.807, 2.05) is 26.0 Å². The first kappa shape index (κ1) is 24.2. The number of ether oxygens (including phenoxy) is 1. The van der Waals surface area contributed by atoms with Gasteiger partial charge in [0.2, 0.25) is 11.8 Å².